The Morgan fingerprint density at radius 1 is 1.13 bits per heavy atom. The van der Waals surface area contributed by atoms with E-state index in [0.717, 1.165) is 11.3 Å². The maximum atomic E-state index is 13.8. The molecule has 3 rings (SSSR count). The molecule has 0 aliphatic carbocycles. The first-order valence-electron chi connectivity index (χ1n) is 6.18. The summed E-state index contributed by atoms with van der Waals surface area (Å²) in [6.07, 6.45) is -4.75. The normalized spacial score (nSPS) is 11.7. The summed E-state index contributed by atoms with van der Waals surface area (Å²) in [7, 11) is 0. The van der Waals surface area contributed by atoms with Crippen LogP contribution in [0.4, 0.5) is 28.4 Å². The highest BCUT2D eigenvalue weighted by Gasteiger charge is 2.31. The van der Waals surface area contributed by atoms with Gasteiger partial charge < -0.3 is 10.1 Å². The average Bonchev–Trinajstić information content (AvgIpc) is 2.82. The Morgan fingerprint density at radius 2 is 1.91 bits per heavy atom. The Balaban J connectivity index is 1.88. The van der Waals surface area contributed by atoms with Crippen molar-refractivity contribution in [1.29, 1.82) is 0 Å². The van der Waals surface area contributed by atoms with Crippen LogP contribution in [0.5, 0.6) is 5.75 Å². The number of rotatable bonds is 3. The van der Waals surface area contributed by atoms with E-state index in [2.05, 4.69) is 31.0 Å². The molecule has 0 aliphatic rings. The molecule has 1 aromatic heterocycles. The summed E-state index contributed by atoms with van der Waals surface area (Å²) in [5.74, 6) is -0.797. The van der Waals surface area contributed by atoms with E-state index in [1.807, 2.05) is 0 Å². The Morgan fingerprint density at radius 3 is 2.61 bits per heavy atom. The van der Waals surface area contributed by atoms with E-state index >= 15 is 0 Å². The van der Waals surface area contributed by atoms with Crippen LogP contribution in [0, 0.1) is 5.82 Å². The monoisotopic (exact) mass is 406 g/mol. The number of fused-ring (bicyclic) bond motifs is 1. The van der Waals surface area contributed by atoms with Crippen LogP contribution in [-0.4, -0.2) is 11.3 Å². The van der Waals surface area contributed by atoms with Crippen molar-refractivity contribution in [2.45, 2.75) is 6.36 Å². The summed E-state index contributed by atoms with van der Waals surface area (Å²) in [5.41, 5.74) is 0.712. The first-order valence-corrected chi connectivity index (χ1v) is 7.79. The van der Waals surface area contributed by atoms with Crippen molar-refractivity contribution in [3.8, 4) is 5.75 Å². The van der Waals surface area contributed by atoms with Gasteiger partial charge in [0.1, 0.15) is 11.6 Å². The van der Waals surface area contributed by atoms with Crippen molar-refractivity contribution in [2.75, 3.05) is 5.32 Å². The number of hydrogen-bond acceptors (Lipinski definition) is 4. The molecule has 0 amide bonds. The van der Waals surface area contributed by atoms with Crippen molar-refractivity contribution in [2.24, 2.45) is 0 Å². The van der Waals surface area contributed by atoms with E-state index in [1.165, 1.54) is 30.3 Å². The number of hydrogen-bond donors (Lipinski definition) is 1. The fourth-order valence-corrected chi connectivity index (χ4v) is 3.10. The van der Waals surface area contributed by atoms with Crippen LogP contribution in [0.15, 0.2) is 40.9 Å². The van der Waals surface area contributed by atoms with Crippen LogP contribution in [0.3, 0.4) is 0 Å². The van der Waals surface area contributed by atoms with Crippen molar-refractivity contribution < 1.29 is 22.3 Å². The lowest BCUT2D eigenvalue weighted by Crippen LogP contribution is -2.16. The van der Waals surface area contributed by atoms with Crippen molar-refractivity contribution in [1.82, 2.24) is 4.98 Å². The lowest BCUT2D eigenvalue weighted by molar-refractivity contribution is -0.274. The number of ether oxygens (including phenoxy) is 1. The molecule has 0 unspecified atom stereocenters. The van der Waals surface area contributed by atoms with Crippen LogP contribution >= 0.6 is 27.3 Å². The molecule has 0 radical (unpaired) electrons. The number of nitrogens with one attached hydrogen (secondary N) is 1. The molecule has 0 spiro atoms. The quantitative estimate of drug-likeness (QED) is 0.554. The number of alkyl halides is 3. The minimum atomic E-state index is -4.75. The third-order valence-corrected chi connectivity index (χ3v) is 4.19. The van der Waals surface area contributed by atoms with E-state index < -0.39 is 12.2 Å². The van der Waals surface area contributed by atoms with E-state index in [0.29, 0.717) is 19.8 Å². The molecule has 3 nitrogen and oxygen atoms in total. The molecule has 23 heavy (non-hydrogen) atoms. The molecular formula is C14H7BrF4N2OS. The first kappa shape index (κ1) is 16.0. The van der Waals surface area contributed by atoms with Crippen LogP contribution in [0.25, 0.3) is 10.2 Å². The number of anilines is 2. The highest BCUT2D eigenvalue weighted by Crippen LogP contribution is 2.33. The number of nitrogens with zero attached hydrogens (tertiary/aromatic N) is 1. The fraction of sp³-hybridized carbons (Fsp3) is 0.0714. The molecular weight excluding hydrogens is 400 g/mol. The molecule has 1 N–H and O–H groups in total. The number of benzene rings is 2. The van der Waals surface area contributed by atoms with E-state index in [9.17, 15) is 17.6 Å². The van der Waals surface area contributed by atoms with Crippen LogP contribution in [0.2, 0.25) is 0 Å². The molecule has 2 aromatic carbocycles. The van der Waals surface area contributed by atoms with Gasteiger partial charge in [-0.05, 0) is 30.3 Å². The predicted molar refractivity (Wildman–Crippen MR) is 83.7 cm³/mol. The zero-order chi connectivity index (χ0) is 16.6. The minimum absolute atomic E-state index is 0.221. The van der Waals surface area contributed by atoms with Crippen molar-refractivity contribution in [3.05, 3.63) is 46.7 Å². The summed E-state index contributed by atoms with van der Waals surface area (Å²) in [4.78, 5) is 4.20. The second-order valence-electron chi connectivity index (χ2n) is 4.45. The molecule has 0 saturated carbocycles. The third kappa shape index (κ3) is 3.91. The van der Waals surface area contributed by atoms with Gasteiger partial charge in [-0.2, -0.15) is 0 Å². The summed E-state index contributed by atoms with van der Waals surface area (Å²) in [6, 6.07) is 8.32. The average molecular weight is 407 g/mol. The summed E-state index contributed by atoms with van der Waals surface area (Å²) in [5, 5.41) is 3.17. The maximum Gasteiger partial charge on any atom is 0.573 e. The van der Waals surface area contributed by atoms with Gasteiger partial charge in [0.2, 0.25) is 0 Å². The molecule has 0 bridgehead atoms. The topological polar surface area (TPSA) is 34.2 Å². The smallest absolute Gasteiger partial charge is 0.406 e. The number of halogens is 5. The van der Waals surface area contributed by atoms with Gasteiger partial charge in [0.25, 0.3) is 0 Å². The predicted octanol–water partition coefficient (Wildman–Crippen LogP) is 5.84. The SMILES string of the molecule is Fc1cc(Br)ccc1Nc1nc2ccc(OC(F)(F)F)cc2s1. The Kier molecular flexibility index (Phi) is 4.15. The second-order valence-corrected chi connectivity index (χ2v) is 6.39. The van der Waals surface area contributed by atoms with Gasteiger partial charge in [0.15, 0.2) is 5.13 Å². The number of aromatic nitrogens is 1. The Hall–Kier alpha value is -1.87. The Bertz CT molecular complexity index is 866. The first-order chi connectivity index (χ1) is 10.8. The van der Waals surface area contributed by atoms with Gasteiger partial charge in [0.05, 0.1) is 15.9 Å². The van der Waals surface area contributed by atoms with Gasteiger partial charge in [-0.25, -0.2) is 9.37 Å². The molecule has 0 saturated heterocycles. The standard InChI is InChI=1S/C14H7BrF4N2OS/c15-7-1-3-10(9(16)5-7)20-13-21-11-4-2-8(6-12(11)23-13)22-14(17,18)19/h1-6H,(H,20,21). The molecule has 1 heterocycles. The Labute approximate surface area is 140 Å². The summed E-state index contributed by atoms with van der Waals surface area (Å²) in [6.45, 7) is 0. The maximum absolute atomic E-state index is 13.8. The van der Waals surface area contributed by atoms with Gasteiger partial charge >= 0.3 is 6.36 Å². The fourth-order valence-electron chi connectivity index (χ4n) is 1.86. The molecule has 120 valence electrons. The van der Waals surface area contributed by atoms with Gasteiger partial charge in [0, 0.05) is 10.5 Å². The molecule has 9 heteroatoms. The third-order valence-electron chi connectivity index (χ3n) is 2.77. The lowest BCUT2D eigenvalue weighted by atomic mass is 10.3. The highest BCUT2D eigenvalue weighted by atomic mass is 79.9. The van der Waals surface area contributed by atoms with Crippen molar-refractivity contribution in [3.63, 3.8) is 0 Å². The molecule has 0 aliphatic heterocycles. The summed E-state index contributed by atoms with van der Waals surface area (Å²) >= 11 is 4.25. The largest absolute Gasteiger partial charge is 0.573 e. The van der Waals surface area contributed by atoms with Gasteiger partial charge in [-0.15, -0.1) is 13.2 Å². The lowest BCUT2D eigenvalue weighted by Gasteiger charge is -2.07. The zero-order valence-corrected chi connectivity index (χ0v) is 13.5. The van der Waals surface area contributed by atoms with Crippen LogP contribution < -0.4 is 10.1 Å². The highest BCUT2D eigenvalue weighted by molar-refractivity contribution is 9.10. The number of thiazole rings is 1. The second kappa shape index (κ2) is 5.97. The van der Waals surface area contributed by atoms with Crippen LogP contribution in [0.1, 0.15) is 0 Å². The van der Waals surface area contributed by atoms with Gasteiger partial charge in [-0.3, -0.25) is 0 Å². The van der Waals surface area contributed by atoms with E-state index in [4.69, 9.17) is 0 Å². The van der Waals surface area contributed by atoms with Crippen LogP contribution in [-0.2, 0) is 0 Å². The zero-order valence-electron chi connectivity index (χ0n) is 11.1. The minimum Gasteiger partial charge on any atom is -0.406 e. The molecule has 3 aromatic rings. The van der Waals surface area contributed by atoms with E-state index in [-0.39, 0.29) is 11.4 Å². The summed E-state index contributed by atoms with van der Waals surface area (Å²) < 4.78 is 55.4. The molecule has 0 fully saturated rings. The van der Waals surface area contributed by atoms with Gasteiger partial charge in [-0.1, -0.05) is 27.3 Å². The molecule has 0 atom stereocenters. The van der Waals surface area contributed by atoms with E-state index in [1.54, 1.807) is 6.07 Å². The van der Waals surface area contributed by atoms with Crippen molar-refractivity contribution >= 4 is 48.3 Å².